The van der Waals surface area contributed by atoms with Crippen molar-refractivity contribution in [1.82, 2.24) is 15.2 Å². The molecule has 28 heavy (non-hydrogen) atoms. The number of nitrogen functional groups attached to an aromatic ring is 1. The lowest BCUT2D eigenvalue weighted by Gasteiger charge is -2.19. The van der Waals surface area contributed by atoms with E-state index >= 15 is 0 Å². The summed E-state index contributed by atoms with van der Waals surface area (Å²) < 4.78 is 26.8. The zero-order valence-corrected chi connectivity index (χ0v) is 15.6. The molecule has 3 N–H and O–H groups in total. The average Bonchev–Trinajstić information content (AvgIpc) is 3.02. The molecule has 9 heteroatoms. The van der Waals surface area contributed by atoms with Crippen molar-refractivity contribution in [2.75, 3.05) is 18.8 Å². The summed E-state index contributed by atoms with van der Waals surface area (Å²) in [5.74, 6) is -4.39. The maximum absolute atomic E-state index is 13.4. The van der Waals surface area contributed by atoms with Gasteiger partial charge in [-0.2, -0.15) is 5.26 Å². The Morgan fingerprint density at radius 1 is 1.39 bits per heavy atom. The molecule has 1 aliphatic heterocycles. The Hall–Kier alpha value is -3.28. The number of alkyl halides is 2. The highest BCUT2D eigenvalue weighted by molar-refractivity contribution is 6.08. The number of hydrogen-bond donors (Lipinski definition) is 2. The van der Waals surface area contributed by atoms with Crippen molar-refractivity contribution in [1.29, 1.82) is 5.26 Å². The Balaban J connectivity index is 0.00000136. The first-order valence-corrected chi connectivity index (χ1v) is 8.81. The Bertz CT molecular complexity index is 926. The molecule has 7 nitrogen and oxygen atoms in total. The number of nitrogens with one attached hydrogen (secondary N) is 1. The van der Waals surface area contributed by atoms with Gasteiger partial charge in [-0.15, -0.1) is 0 Å². The van der Waals surface area contributed by atoms with Crippen molar-refractivity contribution in [3.63, 3.8) is 0 Å². The van der Waals surface area contributed by atoms with E-state index in [9.17, 15) is 18.4 Å². The number of nitriles is 1. The van der Waals surface area contributed by atoms with E-state index < -0.39 is 43.3 Å². The van der Waals surface area contributed by atoms with Crippen molar-refractivity contribution >= 4 is 28.4 Å². The predicted octanol–water partition coefficient (Wildman–Crippen LogP) is 2.33. The number of amides is 2. The zero-order chi connectivity index (χ0) is 20.9. The molecule has 1 fully saturated rings. The number of carbonyl (C=O) groups is 2. The fraction of sp³-hybridized carbons (Fsp3) is 0.368. The lowest BCUT2D eigenvalue weighted by atomic mass is 10.1. The highest BCUT2D eigenvalue weighted by atomic mass is 19.3. The van der Waals surface area contributed by atoms with Gasteiger partial charge in [-0.25, -0.2) is 8.78 Å². The molecule has 0 radical (unpaired) electrons. The van der Waals surface area contributed by atoms with Gasteiger partial charge in [-0.1, -0.05) is 26.0 Å². The van der Waals surface area contributed by atoms with Gasteiger partial charge in [0.2, 0.25) is 5.91 Å². The first kappa shape index (κ1) is 21.0. The molecule has 0 aliphatic carbocycles. The number of rotatable bonds is 3. The van der Waals surface area contributed by atoms with Crippen molar-refractivity contribution in [2.45, 2.75) is 32.2 Å². The quantitative estimate of drug-likeness (QED) is 0.783. The fourth-order valence-corrected chi connectivity index (χ4v) is 2.94. The minimum atomic E-state index is -3.10. The van der Waals surface area contributed by atoms with Crippen LogP contribution in [-0.2, 0) is 4.79 Å². The lowest BCUT2D eigenvalue weighted by Crippen LogP contribution is -2.43. The molecule has 2 heterocycles. The number of carbonyl (C=O) groups excluding carboxylic acids is 2. The first-order valence-electron chi connectivity index (χ1n) is 8.81. The van der Waals surface area contributed by atoms with Crippen LogP contribution in [0.25, 0.3) is 10.9 Å². The molecule has 0 saturated carbocycles. The van der Waals surface area contributed by atoms with Gasteiger partial charge in [-0.3, -0.25) is 14.6 Å². The van der Waals surface area contributed by atoms with Crippen LogP contribution in [0.5, 0.6) is 0 Å². The molecule has 1 unspecified atom stereocenters. The Morgan fingerprint density at radius 2 is 2.11 bits per heavy atom. The number of para-hydroxylation sites is 1. The predicted molar refractivity (Wildman–Crippen MR) is 101 cm³/mol. The average molecular weight is 389 g/mol. The molecular weight excluding hydrogens is 368 g/mol. The van der Waals surface area contributed by atoms with E-state index in [4.69, 9.17) is 11.0 Å². The molecule has 3 rings (SSSR count). The number of fused-ring (bicyclic) bond motifs is 1. The maximum Gasteiger partial charge on any atom is 0.268 e. The molecule has 2 aromatic rings. The van der Waals surface area contributed by atoms with Gasteiger partial charge in [0.05, 0.1) is 35.9 Å². The van der Waals surface area contributed by atoms with Crippen LogP contribution in [0, 0.1) is 11.3 Å². The summed E-state index contributed by atoms with van der Waals surface area (Å²) in [4.78, 5) is 29.5. The van der Waals surface area contributed by atoms with Crippen LogP contribution in [0.15, 0.2) is 30.5 Å². The van der Waals surface area contributed by atoms with Gasteiger partial charge in [-0.05, 0) is 12.1 Å². The van der Waals surface area contributed by atoms with E-state index in [-0.39, 0.29) is 5.56 Å². The third kappa shape index (κ3) is 4.34. The second-order valence-electron chi connectivity index (χ2n) is 6.01. The van der Waals surface area contributed by atoms with E-state index in [1.807, 2.05) is 13.8 Å². The van der Waals surface area contributed by atoms with Gasteiger partial charge < -0.3 is 16.0 Å². The van der Waals surface area contributed by atoms with E-state index in [1.165, 1.54) is 12.3 Å². The van der Waals surface area contributed by atoms with E-state index in [2.05, 4.69) is 10.3 Å². The summed E-state index contributed by atoms with van der Waals surface area (Å²) in [5.41, 5.74) is 6.95. The number of nitrogens with zero attached hydrogens (tertiary/aromatic N) is 3. The molecule has 0 bridgehead atoms. The van der Waals surface area contributed by atoms with Crippen molar-refractivity contribution < 1.29 is 18.4 Å². The van der Waals surface area contributed by atoms with Crippen LogP contribution < -0.4 is 11.1 Å². The maximum atomic E-state index is 13.4. The van der Waals surface area contributed by atoms with E-state index in [1.54, 1.807) is 24.3 Å². The molecule has 1 aromatic carbocycles. The normalized spacial score (nSPS) is 17.4. The number of pyridine rings is 1. The number of nitrogens with two attached hydrogens (primary N) is 1. The Kier molecular flexibility index (Phi) is 6.46. The minimum absolute atomic E-state index is 0.263. The summed E-state index contributed by atoms with van der Waals surface area (Å²) in [7, 11) is 0. The standard InChI is InChI=1S/C17H15F2N5O2.C2H6/c18-17(19)6-10(7-20)24(9-17)14(25)8-23-16(26)12-4-5-22-15-11(12)2-1-3-13(15)21;1-2/h1-5,10H,6,8-9,21H2,(H,23,26);1-2H3. The van der Waals surface area contributed by atoms with E-state index in [0.717, 1.165) is 4.90 Å². The molecule has 1 saturated heterocycles. The third-order valence-electron chi connectivity index (χ3n) is 4.19. The molecule has 1 aliphatic rings. The third-order valence-corrected chi connectivity index (χ3v) is 4.19. The molecular formula is C19H21F2N5O2. The number of halogens is 2. The smallest absolute Gasteiger partial charge is 0.268 e. The van der Waals surface area contributed by atoms with Crippen molar-refractivity contribution in [2.24, 2.45) is 0 Å². The lowest BCUT2D eigenvalue weighted by molar-refractivity contribution is -0.131. The Labute approximate surface area is 161 Å². The number of likely N-dealkylation sites (tertiary alicyclic amines) is 1. The van der Waals surface area contributed by atoms with Crippen molar-refractivity contribution in [3.05, 3.63) is 36.0 Å². The molecule has 1 aromatic heterocycles. The van der Waals surface area contributed by atoms with E-state index in [0.29, 0.717) is 16.6 Å². The number of aromatic nitrogens is 1. The summed E-state index contributed by atoms with van der Waals surface area (Å²) in [6, 6.07) is 6.96. The largest absolute Gasteiger partial charge is 0.397 e. The molecule has 0 spiro atoms. The molecule has 1 atom stereocenters. The highest BCUT2D eigenvalue weighted by Crippen LogP contribution is 2.31. The monoisotopic (exact) mass is 389 g/mol. The first-order chi connectivity index (χ1) is 13.3. The second-order valence-corrected chi connectivity index (χ2v) is 6.01. The molecule has 148 valence electrons. The van der Waals surface area contributed by atoms with Crippen LogP contribution in [0.3, 0.4) is 0 Å². The summed E-state index contributed by atoms with van der Waals surface area (Å²) >= 11 is 0. The summed E-state index contributed by atoms with van der Waals surface area (Å²) in [6.07, 6.45) is 0.722. The van der Waals surface area contributed by atoms with Crippen LogP contribution in [0.1, 0.15) is 30.6 Å². The summed E-state index contributed by atoms with van der Waals surface area (Å²) in [5, 5.41) is 11.9. The van der Waals surface area contributed by atoms with Gasteiger partial charge in [0, 0.05) is 18.0 Å². The van der Waals surface area contributed by atoms with Crippen LogP contribution in [0.4, 0.5) is 14.5 Å². The van der Waals surface area contributed by atoms with Crippen LogP contribution in [-0.4, -0.2) is 46.8 Å². The summed E-state index contributed by atoms with van der Waals surface area (Å²) in [6.45, 7) is 2.69. The van der Waals surface area contributed by atoms with Crippen molar-refractivity contribution in [3.8, 4) is 6.07 Å². The topological polar surface area (TPSA) is 112 Å². The van der Waals surface area contributed by atoms with Crippen LogP contribution in [0.2, 0.25) is 0 Å². The van der Waals surface area contributed by atoms with Crippen LogP contribution >= 0.6 is 0 Å². The zero-order valence-electron chi connectivity index (χ0n) is 15.6. The van der Waals surface area contributed by atoms with Gasteiger partial charge in [0.15, 0.2) is 0 Å². The Morgan fingerprint density at radius 3 is 2.79 bits per heavy atom. The number of benzene rings is 1. The minimum Gasteiger partial charge on any atom is -0.397 e. The highest BCUT2D eigenvalue weighted by Gasteiger charge is 2.47. The SMILES string of the molecule is CC.N#CC1CC(F)(F)CN1C(=O)CNC(=O)c1ccnc2c(N)cccc12. The van der Waals surface area contributed by atoms with Gasteiger partial charge >= 0.3 is 0 Å². The molecule has 2 amide bonds. The second kappa shape index (κ2) is 8.61. The number of hydrogen-bond acceptors (Lipinski definition) is 5. The fourth-order valence-electron chi connectivity index (χ4n) is 2.94. The van der Waals surface area contributed by atoms with Gasteiger partial charge in [0.1, 0.15) is 6.04 Å². The van der Waals surface area contributed by atoms with Gasteiger partial charge in [0.25, 0.3) is 11.8 Å². The number of anilines is 1.